The topological polar surface area (TPSA) is 173 Å². The Morgan fingerprint density at radius 2 is 0.562 bits per heavy atom. The molecule has 9 nitrogen and oxygen atoms in total. The highest BCUT2D eigenvalue weighted by Crippen LogP contribution is 2.35. The van der Waals surface area contributed by atoms with Gasteiger partial charge in [-0.2, -0.15) is 0 Å². The molecule has 0 aromatic heterocycles. The summed E-state index contributed by atoms with van der Waals surface area (Å²) in [5.74, 6) is 0. The third kappa shape index (κ3) is 27200. The van der Waals surface area contributed by atoms with Crippen molar-refractivity contribution >= 4 is 32.1 Å². The summed E-state index contributed by atoms with van der Waals surface area (Å²) in [6.07, 6.45) is 0. The van der Waals surface area contributed by atoms with Gasteiger partial charge < -0.3 is 0 Å². The van der Waals surface area contributed by atoms with Gasteiger partial charge in [0.1, 0.15) is 0 Å². The van der Waals surface area contributed by atoms with Gasteiger partial charge >= 0.3 is 23.7 Å². The van der Waals surface area contributed by atoms with Crippen LogP contribution in [0.3, 0.4) is 0 Å². The molecule has 0 aliphatic carbocycles. The fourth-order valence-corrected chi connectivity index (χ4v) is 0. The Morgan fingerprint density at radius 3 is 0.562 bits per heavy atom. The molecule has 6 N–H and O–H groups in total. The highest BCUT2D eigenvalue weighted by Gasteiger charge is 2.05. The van der Waals surface area contributed by atoms with E-state index in [1.807, 2.05) is 0 Å². The van der Waals surface area contributed by atoms with E-state index in [4.69, 9.17) is 43.1 Å². The van der Waals surface area contributed by atoms with Gasteiger partial charge in [-0.1, -0.05) is 0 Å². The predicted octanol–water partition coefficient (Wildman–Crippen LogP) is -0.235. The fourth-order valence-electron chi connectivity index (χ4n) is 0. The smallest absolute Gasteiger partial charge is 0.299 e. The van der Waals surface area contributed by atoms with E-state index >= 15 is 0 Å². The van der Waals surface area contributed by atoms with Crippen LogP contribution in [-0.4, -0.2) is 37.8 Å². The average Bonchev–Trinajstić information content (AvgIpc) is 1.41. The van der Waals surface area contributed by atoms with Crippen LogP contribution in [0.1, 0.15) is 0 Å². The predicted molar refractivity (Wildman–Crippen MR) is 45.2 cm³/mol. The second kappa shape index (κ2) is 9.35. The Bertz CT molecular complexity index is 212. The number of hydrogen-bond acceptors (Lipinski definition) is 3. The minimum absolute atomic E-state index is 0. The van der Waals surface area contributed by atoms with Crippen molar-refractivity contribution in [2.45, 2.75) is 0 Å². The Kier molecular flexibility index (Phi) is 14.7. The summed E-state index contributed by atoms with van der Waals surface area (Å²) in [7, 11) is -15.4. The molecule has 3 radical (unpaired) electrons. The quantitative estimate of drug-likeness (QED) is 0.261. The van der Waals surface area contributed by atoms with E-state index in [0.29, 0.717) is 0 Å². The molecule has 0 heterocycles. The molecule has 16 heteroatoms. The molecule has 16 heavy (non-hydrogen) atoms. The molecule has 0 atom stereocenters. The minimum Gasteiger partial charge on any atom is -0.299 e. The molecule has 0 fully saturated rings. The summed E-state index contributed by atoms with van der Waals surface area (Å²) in [6, 6.07) is 0. The molecule has 0 amide bonds. The van der Waals surface area contributed by atoms with Crippen molar-refractivity contribution in [1.29, 1.82) is 0 Å². The van der Waals surface area contributed by atoms with Gasteiger partial charge in [0.25, 0.3) is 0 Å². The Hall–Kier alpha value is 0.305. The van der Waals surface area contributed by atoms with Gasteiger partial charge in [0, 0.05) is 8.41 Å². The van der Waals surface area contributed by atoms with Crippen LogP contribution in [0.15, 0.2) is 0 Å². The summed E-state index contributed by atoms with van der Waals surface area (Å²) in [4.78, 5) is 41.8. The summed E-state index contributed by atoms with van der Waals surface area (Å²) < 4.78 is 57.0. The second-order valence-corrected chi connectivity index (χ2v) is 4.26. The van der Waals surface area contributed by atoms with E-state index in [1.165, 1.54) is 0 Å². The lowest BCUT2D eigenvalue weighted by atomic mass is 10.8. The SMILES string of the molecule is O=P(O)(O)F.O=P(O)(O)F.O=P(O)(O)F.[B]. The van der Waals surface area contributed by atoms with Gasteiger partial charge in [-0.15, -0.1) is 12.6 Å². The van der Waals surface area contributed by atoms with Gasteiger partial charge in [0.2, 0.25) is 0 Å². The van der Waals surface area contributed by atoms with Gasteiger partial charge in [-0.05, 0) is 0 Å². The van der Waals surface area contributed by atoms with E-state index in [2.05, 4.69) is 0 Å². The molecule has 0 aliphatic heterocycles. The standard InChI is InChI=1S/B.3FH2O3P/c;3*1-5(2,3)4/h;3*(H2,2,3,4). The van der Waals surface area contributed by atoms with Crippen LogP contribution < -0.4 is 0 Å². The van der Waals surface area contributed by atoms with Gasteiger partial charge in [0.05, 0.1) is 0 Å². The van der Waals surface area contributed by atoms with Crippen LogP contribution in [0.4, 0.5) is 12.6 Å². The Morgan fingerprint density at radius 1 is 0.562 bits per heavy atom. The highest BCUT2D eigenvalue weighted by atomic mass is 31.2. The lowest BCUT2D eigenvalue weighted by Crippen LogP contribution is -1.56. The summed E-state index contributed by atoms with van der Waals surface area (Å²) in [5.41, 5.74) is 0. The second-order valence-electron chi connectivity index (χ2n) is 1.42. The molecular weight excluding hydrogens is 305 g/mol. The van der Waals surface area contributed by atoms with Crippen molar-refractivity contribution in [3.8, 4) is 0 Å². The Labute approximate surface area is 88.7 Å². The molecule has 0 bridgehead atoms. The molecule has 0 unspecified atom stereocenters. The molecule has 0 aliphatic rings. The number of hydrogen-bond donors (Lipinski definition) is 6. The molecule has 0 saturated heterocycles. The molecule has 0 aromatic carbocycles. The largest absolute Gasteiger partial charge is 0.507 e. The van der Waals surface area contributed by atoms with E-state index < -0.39 is 23.7 Å². The maximum absolute atomic E-state index is 10.4. The van der Waals surface area contributed by atoms with E-state index in [-0.39, 0.29) is 8.41 Å². The highest BCUT2D eigenvalue weighted by molar-refractivity contribution is 7.46. The van der Waals surface area contributed by atoms with E-state index in [1.54, 1.807) is 0 Å². The van der Waals surface area contributed by atoms with Crippen molar-refractivity contribution in [1.82, 2.24) is 0 Å². The molecule has 0 spiro atoms. The lowest BCUT2D eigenvalue weighted by Gasteiger charge is -1.78. The van der Waals surface area contributed by atoms with Crippen molar-refractivity contribution < 1.29 is 55.6 Å². The van der Waals surface area contributed by atoms with Crippen LogP contribution >= 0.6 is 23.7 Å². The Balaban J connectivity index is -0.0000000655. The van der Waals surface area contributed by atoms with Gasteiger partial charge in [-0.25, -0.2) is 13.7 Å². The molecule has 0 saturated carbocycles. The molecule has 0 rings (SSSR count). The molecule has 99 valence electrons. The first-order chi connectivity index (χ1) is 6.00. The van der Waals surface area contributed by atoms with Crippen LogP contribution in [0.25, 0.3) is 0 Å². The zero-order chi connectivity index (χ0) is 13.5. The monoisotopic (exact) mass is 311 g/mol. The van der Waals surface area contributed by atoms with Crippen LogP contribution in [0.5, 0.6) is 0 Å². The maximum Gasteiger partial charge on any atom is 0.507 e. The third-order valence-corrected chi connectivity index (χ3v) is 0. The zero-order valence-electron chi connectivity index (χ0n) is 6.96. The number of rotatable bonds is 0. The summed E-state index contributed by atoms with van der Waals surface area (Å²) in [6.45, 7) is 0. The zero-order valence-corrected chi connectivity index (χ0v) is 9.64. The van der Waals surface area contributed by atoms with Crippen LogP contribution in [-0.2, 0) is 13.7 Å². The van der Waals surface area contributed by atoms with Crippen molar-refractivity contribution in [3.05, 3.63) is 0 Å². The number of halogens is 3. The van der Waals surface area contributed by atoms with Gasteiger partial charge in [0.15, 0.2) is 0 Å². The minimum atomic E-state index is -5.14. The van der Waals surface area contributed by atoms with Crippen molar-refractivity contribution in [3.63, 3.8) is 0 Å². The van der Waals surface area contributed by atoms with E-state index in [0.717, 1.165) is 0 Å². The maximum atomic E-state index is 10.4. The van der Waals surface area contributed by atoms with Crippen LogP contribution in [0.2, 0.25) is 0 Å². The normalized spacial score (nSPS) is 11.1. The van der Waals surface area contributed by atoms with Crippen LogP contribution in [0, 0.1) is 0 Å². The van der Waals surface area contributed by atoms with Crippen molar-refractivity contribution in [2.24, 2.45) is 0 Å². The average molecular weight is 311 g/mol. The fraction of sp³-hybridized carbons (Fsp3) is 0. The summed E-state index contributed by atoms with van der Waals surface area (Å²) >= 11 is 0. The molecule has 0 aromatic rings. The third-order valence-electron chi connectivity index (χ3n) is 0. The first-order valence-electron chi connectivity index (χ1n) is 2.25. The lowest BCUT2D eigenvalue weighted by molar-refractivity contribution is 0.320. The van der Waals surface area contributed by atoms with E-state index in [9.17, 15) is 12.6 Å². The first-order valence-corrected chi connectivity index (χ1v) is 6.76. The summed E-state index contributed by atoms with van der Waals surface area (Å²) in [5, 5.41) is 0. The first kappa shape index (κ1) is 25.2. The van der Waals surface area contributed by atoms with Gasteiger partial charge in [-0.3, -0.25) is 29.4 Å². The van der Waals surface area contributed by atoms with Crippen molar-refractivity contribution in [2.75, 3.05) is 0 Å². The molecular formula is H6BF3O9P3.